The van der Waals surface area contributed by atoms with E-state index in [9.17, 15) is 0 Å². The molecule has 1 aliphatic carbocycles. The van der Waals surface area contributed by atoms with Crippen molar-refractivity contribution in [2.45, 2.75) is 44.7 Å². The third kappa shape index (κ3) is 3.23. The van der Waals surface area contributed by atoms with Crippen molar-refractivity contribution in [1.29, 1.82) is 0 Å². The Hall–Kier alpha value is -1.03. The molecule has 1 aromatic heterocycles. The van der Waals surface area contributed by atoms with E-state index in [2.05, 4.69) is 16.6 Å². The molecule has 1 aliphatic rings. The molecular weight excluding hydrogens is 202 g/mol. The molecule has 0 bridgehead atoms. The first-order valence-electron chi connectivity index (χ1n) is 6.16. The van der Waals surface area contributed by atoms with Crippen LogP contribution in [-0.2, 0) is 11.3 Å². The van der Waals surface area contributed by atoms with E-state index in [4.69, 9.17) is 4.74 Å². The molecule has 1 heterocycles. The van der Waals surface area contributed by atoms with Gasteiger partial charge in [0.05, 0.1) is 25.0 Å². The lowest BCUT2D eigenvalue weighted by molar-refractivity contribution is 0.183. The normalized spacial score (nSPS) is 17.6. The van der Waals surface area contributed by atoms with E-state index in [0.717, 1.165) is 12.2 Å². The second-order valence-corrected chi connectivity index (χ2v) is 4.46. The smallest absolute Gasteiger partial charge is 0.0728 e. The van der Waals surface area contributed by atoms with Gasteiger partial charge in [-0.2, -0.15) is 5.10 Å². The Balaban J connectivity index is 1.81. The molecule has 4 heteroatoms. The van der Waals surface area contributed by atoms with E-state index >= 15 is 0 Å². The number of rotatable bonds is 5. The minimum Gasteiger partial charge on any atom is -0.383 e. The number of ether oxygens (including phenoxy) is 1. The molecule has 1 saturated carbocycles. The minimum atomic E-state index is 0.647. The quantitative estimate of drug-likeness (QED) is 0.832. The molecule has 1 N–H and O–H groups in total. The van der Waals surface area contributed by atoms with Crippen LogP contribution < -0.4 is 5.32 Å². The summed E-state index contributed by atoms with van der Waals surface area (Å²) in [6.07, 6.45) is 10.7. The number of nitrogens with one attached hydrogen (secondary N) is 1. The first kappa shape index (κ1) is 11.5. The number of nitrogens with zero attached hydrogens (tertiary/aromatic N) is 2. The molecule has 4 nitrogen and oxygen atoms in total. The van der Waals surface area contributed by atoms with Crippen LogP contribution in [-0.4, -0.2) is 29.5 Å². The molecule has 0 amide bonds. The Kier molecular flexibility index (Phi) is 4.22. The molecule has 2 rings (SSSR count). The van der Waals surface area contributed by atoms with E-state index in [1.165, 1.54) is 32.1 Å². The first-order chi connectivity index (χ1) is 7.88. The lowest BCUT2D eigenvalue weighted by Crippen LogP contribution is -2.21. The highest BCUT2D eigenvalue weighted by Gasteiger charge is 2.13. The van der Waals surface area contributed by atoms with Crippen LogP contribution in [0.25, 0.3) is 0 Å². The summed E-state index contributed by atoms with van der Waals surface area (Å²) >= 11 is 0. The van der Waals surface area contributed by atoms with Crippen molar-refractivity contribution in [2.75, 3.05) is 19.0 Å². The summed E-state index contributed by atoms with van der Waals surface area (Å²) in [5, 5.41) is 7.85. The molecule has 90 valence electrons. The summed E-state index contributed by atoms with van der Waals surface area (Å²) in [6.45, 7) is 1.54. The summed E-state index contributed by atoms with van der Waals surface area (Å²) in [7, 11) is 1.71. The van der Waals surface area contributed by atoms with Gasteiger partial charge in [0.25, 0.3) is 0 Å². The van der Waals surface area contributed by atoms with Gasteiger partial charge in [-0.3, -0.25) is 4.68 Å². The summed E-state index contributed by atoms with van der Waals surface area (Å²) in [5.74, 6) is 0. The van der Waals surface area contributed by atoms with Crippen LogP contribution in [0.3, 0.4) is 0 Å². The molecule has 1 fully saturated rings. The van der Waals surface area contributed by atoms with E-state index in [0.29, 0.717) is 12.6 Å². The highest BCUT2D eigenvalue weighted by molar-refractivity contribution is 5.39. The lowest BCUT2D eigenvalue weighted by Gasteiger charge is -2.22. The molecule has 16 heavy (non-hydrogen) atoms. The van der Waals surface area contributed by atoms with Crippen LogP contribution in [0.2, 0.25) is 0 Å². The van der Waals surface area contributed by atoms with Gasteiger partial charge in [0.15, 0.2) is 0 Å². The fourth-order valence-electron chi connectivity index (χ4n) is 2.23. The lowest BCUT2D eigenvalue weighted by atomic mass is 9.95. The molecular formula is C12H21N3O. The molecule has 0 atom stereocenters. The Morgan fingerprint density at radius 3 is 3.00 bits per heavy atom. The van der Waals surface area contributed by atoms with Gasteiger partial charge in [0.2, 0.25) is 0 Å². The first-order valence-corrected chi connectivity index (χ1v) is 6.16. The van der Waals surface area contributed by atoms with Gasteiger partial charge in [0, 0.05) is 19.3 Å². The molecule has 0 aliphatic heterocycles. The SMILES string of the molecule is COCCn1cc(NC2CCCCC2)cn1. The van der Waals surface area contributed by atoms with Crippen LogP contribution in [0.4, 0.5) is 5.69 Å². The zero-order chi connectivity index (χ0) is 11.2. The van der Waals surface area contributed by atoms with Gasteiger partial charge >= 0.3 is 0 Å². The minimum absolute atomic E-state index is 0.647. The Bertz CT molecular complexity index is 305. The van der Waals surface area contributed by atoms with Crippen LogP contribution in [0, 0.1) is 0 Å². The van der Waals surface area contributed by atoms with Crippen molar-refractivity contribution in [2.24, 2.45) is 0 Å². The largest absolute Gasteiger partial charge is 0.383 e. The van der Waals surface area contributed by atoms with E-state index < -0.39 is 0 Å². The van der Waals surface area contributed by atoms with Gasteiger partial charge < -0.3 is 10.1 Å². The maximum absolute atomic E-state index is 5.02. The summed E-state index contributed by atoms with van der Waals surface area (Å²) in [4.78, 5) is 0. The summed E-state index contributed by atoms with van der Waals surface area (Å²) < 4.78 is 6.95. The molecule has 0 radical (unpaired) electrons. The number of hydrogen-bond donors (Lipinski definition) is 1. The predicted octanol–water partition coefficient (Wildman–Crippen LogP) is 2.27. The van der Waals surface area contributed by atoms with Crippen molar-refractivity contribution >= 4 is 5.69 Å². The average molecular weight is 223 g/mol. The van der Waals surface area contributed by atoms with Crippen LogP contribution in [0.1, 0.15) is 32.1 Å². The van der Waals surface area contributed by atoms with Crippen molar-refractivity contribution in [1.82, 2.24) is 9.78 Å². The fourth-order valence-corrected chi connectivity index (χ4v) is 2.23. The molecule has 0 aromatic carbocycles. The molecule has 1 aromatic rings. The van der Waals surface area contributed by atoms with Crippen LogP contribution in [0.5, 0.6) is 0 Å². The van der Waals surface area contributed by atoms with Crippen LogP contribution >= 0.6 is 0 Å². The predicted molar refractivity (Wildman–Crippen MR) is 64.6 cm³/mol. The number of methoxy groups -OCH3 is 1. The zero-order valence-electron chi connectivity index (χ0n) is 9.98. The number of anilines is 1. The molecule has 0 spiro atoms. The van der Waals surface area contributed by atoms with Crippen molar-refractivity contribution in [3.05, 3.63) is 12.4 Å². The van der Waals surface area contributed by atoms with E-state index in [-0.39, 0.29) is 0 Å². The van der Waals surface area contributed by atoms with Gasteiger partial charge in [-0.1, -0.05) is 19.3 Å². The average Bonchev–Trinajstić information content (AvgIpc) is 2.75. The van der Waals surface area contributed by atoms with E-state index in [1.807, 2.05) is 10.9 Å². The highest BCUT2D eigenvalue weighted by Crippen LogP contribution is 2.21. The highest BCUT2D eigenvalue weighted by atomic mass is 16.5. The van der Waals surface area contributed by atoms with E-state index in [1.54, 1.807) is 7.11 Å². The Morgan fingerprint density at radius 1 is 1.44 bits per heavy atom. The Labute approximate surface area is 97.0 Å². The van der Waals surface area contributed by atoms with Crippen molar-refractivity contribution < 1.29 is 4.74 Å². The van der Waals surface area contributed by atoms with Gasteiger partial charge in [-0.25, -0.2) is 0 Å². The van der Waals surface area contributed by atoms with Gasteiger partial charge in [0.1, 0.15) is 0 Å². The maximum Gasteiger partial charge on any atom is 0.0728 e. The standard InChI is InChI=1S/C12H21N3O/c1-16-8-7-15-10-12(9-13-15)14-11-5-3-2-4-6-11/h9-11,14H,2-8H2,1H3. The van der Waals surface area contributed by atoms with Crippen molar-refractivity contribution in [3.63, 3.8) is 0 Å². The van der Waals surface area contributed by atoms with Gasteiger partial charge in [-0.05, 0) is 12.8 Å². The Morgan fingerprint density at radius 2 is 2.25 bits per heavy atom. The molecule has 0 unspecified atom stereocenters. The summed E-state index contributed by atoms with van der Waals surface area (Å²) in [5.41, 5.74) is 1.14. The number of hydrogen-bond acceptors (Lipinski definition) is 3. The third-order valence-electron chi connectivity index (χ3n) is 3.13. The van der Waals surface area contributed by atoms with Crippen molar-refractivity contribution in [3.8, 4) is 0 Å². The molecule has 0 saturated heterocycles. The van der Waals surface area contributed by atoms with Gasteiger partial charge in [-0.15, -0.1) is 0 Å². The monoisotopic (exact) mass is 223 g/mol. The zero-order valence-corrected chi connectivity index (χ0v) is 9.98. The van der Waals surface area contributed by atoms with Crippen LogP contribution in [0.15, 0.2) is 12.4 Å². The number of aromatic nitrogens is 2. The maximum atomic E-state index is 5.02. The summed E-state index contributed by atoms with van der Waals surface area (Å²) in [6, 6.07) is 0.647. The fraction of sp³-hybridized carbons (Fsp3) is 0.750. The second kappa shape index (κ2) is 5.89. The topological polar surface area (TPSA) is 39.1 Å². The second-order valence-electron chi connectivity index (χ2n) is 4.46. The third-order valence-corrected chi connectivity index (χ3v) is 3.13.